The molecule has 82 valence electrons. The van der Waals surface area contributed by atoms with E-state index in [0.29, 0.717) is 11.6 Å². The van der Waals surface area contributed by atoms with Gasteiger partial charge in [0.2, 0.25) is 0 Å². The number of nitrogens with zero attached hydrogens (tertiary/aromatic N) is 2. The van der Waals surface area contributed by atoms with E-state index in [9.17, 15) is 4.79 Å². The molecule has 6 nitrogen and oxygen atoms in total. The second-order valence-electron chi connectivity index (χ2n) is 2.82. The molecule has 16 heavy (non-hydrogen) atoms. The molecule has 0 aliphatic heterocycles. The van der Waals surface area contributed by atoms with E-state index in [1.165, 1.54) is 12.3 Å². The van der Waals surface area contributed by atoms with Crippen molar-refractivity contribution >= 4 is 33.6 Å². The van der Waals surface area contributed by atoms with E-state index in [1.54, 1.807) is 18.3 Å². The Morgan fingerprint density at radius 1 is 1.31 bits per heavy atom. The van der Waals surface area contributed by atoms with Crippen molar-refractivity contribution in [2.24, 2.45) is 0 Å². The number of pyridine rings is 1. The van der Waals surface area contributed by atoms with Crippen LogP contribution < -0.4 is 10.6 Å². The van der Waals surface area contributed by atoms with E-state index in [-0.39, 0.29) is 0 Å². The number of urea groups is 1. The van der Waals surface area contributed by atoms with Gasteiger partial charge >= 0.3 is 6.03 Å². The smallest absolute Gasteiger partial charge is 0.326 e. The number of hydrogen-bond acceptors (Lipinski definition) is 4. The molecule has 0 radical (unpaired) electrons. The summed E-state index contributed by atoms with van der Waals surface area (Å²) < 4.78 is 5.40. The molecule has 7 heteroatoms. The zero-order valence-corrected chi connectivity index (χ0v) is 9.56. The summed E-state index contributed by atoms with van der Waals surface area (Å²) in [6.45, 7) is 0. The van der Waals surface area contributed by atoms with Gasteiger partial charge < -0.3 is 4.52 Å². The van der Waals surface area contributed by atoms with Crippen molar-refractivity contribution in [1.29, 1.82) is 0 Å². The zero-order chi connectivity index (χ0) is 11.4. The monoisotopic (exact) mass is 282 g/mol. The van der Waals surface area contributed by atoms with Crippen LogP contribution in [0.3, 0.4) is 0 Å². The van der Waals surface area contributed by atoms with Crippen LogP contribution in [0.4, 0.5) is 16.4 Å². The third-order valence-electron chi connectivity index (χ3n) is 1.64. The summed E-state index contributed by atoms with van der Waals surface area (Å²) in [5, 5.41) is 8.57. The molecule has 0 saturated carbocycles. The standard InChI is InChI=1S/C9H7BrN4O2/c10-6-1-3-11-8(5-6)13-9(15)12-7-2-4-16-14-7/h1-5H,(H2,11,12,13,14,15). The summed E-state index contributed by atoms with van der Waals surface area (Å²) in [5.41, 5.74) is 0. The van der Waals surface area contributed by atoms with Crippen LogP contribution in [0.15, 0.2) is 39.7 Å². The second-order valence-corrected chi connectivity index (χ2v) is 3.74. The van der Waals surface area contributed by atoms with E-state index in [1.807, 2.05) is 0 Å². The van der Waals surface area contributed by atoms with Crippen molar-refractivity contribution in [2.45, 2.75) is 0 Å². The highest BCUT2D eigenvalue weighted by Gasteiger charge is 2.05. The molecule has 0 bridgehead atoms. The number of carbonyl (C=O) groups is 1. The van der Waals surface area contributed by atoms with Gasteiger partial charge in [0.25, 0.3) is 0 Å². The Balaban J connectivity index is 1.97. The first-order chi connectivity index (χ1) is 7.74. The van der Waals surface area contributed by atoms with Crippen molar-refractivity contribution in [3.05, 3.63) is 35.1 Å². The summed E-state index contributed by atoms with van der Waals surface area (Å²) in [5.74, 6) is 0.780. The van der Waals surface area contributed by atoms with Gasteiger partial charge in [0.05, 0.1) is 0 Å². The van der Waals surface area contributed by atoms with E-state index < -0.39 is 6.03 Å². The summed E-state index contributed by atoms with van der Waals surface area (Å²) in [6.07, 6.45) is 2.95. The fourth-order valence-electron chi connectivity index (χ4n) is 1.01. The number of rotatable bonds is 2. The molecule has 2 amide bonds. The van der Waals surface area contributed by atoms with Crippen molar-refractivity contribution in [3.8, 4) is 0 Å². The highest BCUT2D eigenvalue weighted by Crippen LogP contribution is 2.12. The number of amides is 2. The fourth-order valence-corrected chi connectivity index (χ4v) is 1.35. The summed E-state index contributed by atoms with van der Waals surface area (Å²) in [6, 6.07) is 4.55. The average Bonchev–Trinajstić information content (AvgIpc) is 2.70. The van der Waals surface area contributed by atoms with E-state index in [0.717, 1.165) is 4.47 Å². The first-order valence-electron chi connectivity index (χ1n) is 4.34. The lowest BCUT2D eigenvalue weighted by Gasteiger charge is -2.03. The first-order valence-corrected chi connectivity index (χ1v) is 5.13. The number of aromatic nitrogens is 2. The van der Waals surface area contributed by atoms with Gasteiger partial charge in [-0.05, 0) is 12.1 Å². The number of hydrogen-bond donors (Lipinski definition) is 2. The van der Waals surface area contributed by atoms with E-state index >= 15 is 0 Å². The fraction of sp³-hybridized carbons (Fsp3) is 0. The minimum atomic E-state index is -0.431. The van der Waals surface area contributed by atoms with Crippen LogP contribution in [-0.4, -0.2) is 16.2 Å². The molecule has 2 heterocycles. The SMILES string of the molecule is O=C(Nc1cc(Br)ccn1)Nc1ccon1. The summed E-state index contributed by atoms with van der Waals surface area (Å²) >= 11 is 3.27. The number of halogens is 1. The molecule has 2 rings (SSSR count). The number of nitrogens with one attached hydrogen (secondary N) is 2. The Labute approximate surface area is 99.2 Å². The van der Waals surface area contributed by atoms with E-state index in [2.05, 4.69) is 41.2 Å². The van der Waals surface area contributed by atoms with Crippen LogP contribution in [0.1, 0.15) is 0 Å². The average molecular weight is 283 g/mol. The minimum absolute atomic E-state index is 0.340. The van der Waals surface area contributed by atoms with Gasteiger partial charge in [-0.25, -0.2) is 9.78 Å². The molecular formula is C9H7BrN4O2. The molecule has 2 N–H and O–H groups in total. The molecule has 0 aliphatic rings. The molecule has 0 atom stereocenters. The molecule has 2 aromatic rings. The maximum Gasteiger partial charge on any atom is 0.326 e. The van der Waals surface area contributed by atoms with Crippen LogP contribution in [-0.2, 0) is 0 Å². The van der Waals surface area contributed by atoms with Crippen LogP contribution >= 0.6 is 15.9 Å². The Kier molecular flexibility index (Phi) is 3.16. The quantitative estimate of drug-likeness (QED) is 0.887. The van der Waals surface area contributed by atoms with Gasteiger partial charge in [0.15, 0.2) is 5.82 Å². The molecule has 0 unspecified atom stereocenters. The maximum atomic E-state index is 11.4. The summed E-state index contributed by atoms with van der Waals surface area (Å²) in [4.78, 5) is 15.4. The van der Waals surface area contributed by atoms with Gasteiger partial charge in [-0.15, -0.1) is 0 Å². The Hall–Kier alpha value is -1.89. The van der Waals surface area contributed by atoms with Gasteiger partial charge in [-0.1, -0.05) is 21.1 Å². The van der Waals surface area contributed by atoms with Crippen LogP contribution in [0.25, 0.3) is 0 Å². The highest BCUT2D eigenvalue weighted by molar-refractivity contribution is 9.10. The summed E-state index contributed by atoms with van der Waals surface area (Å²) in [7, 11) is 0. The van der Waals surface area contributed by atoms with Crippen molar-refractivity contribution in [3.63, 3.8) is 0 Å². The minimum Gasteiger partial charge on any atom is -0.363 e. The second kappa shape index (κ2) is 4.75. The van der Waals surface area contributed by atoms with Crippen molar-refractivity contribution < 1.29 is 9.32 Å². The lowest BCUT2D eigenvalue weighted by molar-refractivity contribution is 0.262. The van der Waals surface area contributed by atoms with Gasteiger partial charge in [-0.2, -0.15) is 0 Å². The van der Waals surface area contributed by atoms with Gasteiger partial charge in [0.1, 0.15) is 12.1 Å². The third kappa shape index (κ3) is 2.80. The van der Waals surface area contributed by atoms with Gasteiger partial charge in [-0.3, -0.25) is 10.6 Å². The maximum absolute atomic E-state index is 11.4. The van der Waals surface area contributed by atoms with Crippen LogP contribution in [0, 0.1) is 0 Å². The predicted octanol–water partition coefficient (Wildman–Crippen LogP) is 2.48. The molecule has 0 spiro atoms. The topological polar surface area (TPSA) is 80.0 Å². The Morgan fingerprint density at radius 2 is 2.12 bits per heavy atom. The molecule has 2 aromatic heterocycles. The van der Waals surface area contributed by atoms with Crippen LogP contribution in [0.2, 0.25) is 0 Å². The lowest BCUT2D eigenvalue weighted by Crippen LogP contribution is -2.20. The van der Waals surface area contributed by atoms with Crippen molar-refractivity contribution in [1.82, 2.24) is 10.1 Å². The first kappa shape index (κ1) is 10.6. The normalized spacial score (nSPS) is 9.81. The number of carbonyl (C=O) groups excluding carboxylic acids is 1. The highest BCUT2D eigenvalue weighted by atomic mass is 79.9. The van der Waals surface area contributed by atoms with Crippen LogP contribution in [0.5, 0.6) is 0 Å². The zero-order valence-electron chi connectivity index (χ0n) is 7.98. The lowest BCUT2D eigenvalue weighted by atomic mass is 10.5. The Bertz CT molecular complexity index is 486. The largest absolute Gasteiger partial charge is 0.363 e. The van der Waals surface area contributed by atoms with E-state index in [4.69, 9.17) is 0 Å². The third-order valence-corrected chi connectivity index (χ3v) is 2.14. The molecule has 0 aromatic carbocycles. The molecule has 0 saturated heterocycles. The molecule has 0 aliphatic carbocycles. The van der Waals surface area contributed by atoms with Gasteiger partial charge in [0, 0.05) is 16.7 Å². The van der Waals surface area contributed by atoms with Crippen molar-refractivity contribution in [2.75, 3.05) is 10.6 Å². The molecule has 0 fully saturated rings. The predicted molar refractivity (Wildman–Crippen MR) is 61.1 cm³/mol. The Morgan fingerprint density at radius 3 is 2.81 bits per heavy atom. The molecular weight excluding hydrogens is 276 g/mol. The number of anilines is 2.